The van der Waals surface area contributed by atoms with E-state index in [1.54, 1.807) is 12.1 Å². The van der Waals surface area contributed by atoms with Gasteiger partial charge in [0, 0.05) is 6.54 Å². The average Bonchev–Trinajstić information content (AvgIpc) is 2.28. The molecule has 18 heavy (non-hydrogen) atoms. The topological polar surface area (TPSA) is 21.3 Å². The summed E-state index contributed by atoms with van der Waals surface area (Å²) in [5.41, 5.74) is 1.02. The van der Waals surface area contributed by atoms with E-state index in [9.17, 15) is 4.39 Å². The molecule has 1 rings (SSSR count). The van der Waals surface area contributed by atoms with Crippen molar-refractivity contribution in [2.45, 2.75) is 39.4 Å². The Labute approximate surface area is 110 Å². The Morgan fingerprint density at radius 1 is 1.17 bits per heavy atom. The zero-order chi connectivity index (χ0) is 13.5. The Morgan fingerprint density at radius 3 is 2.28 bits per heavy atom. The van der Waals surface area contributed by atoms with E-state index in [0.29, 0.717) is 5.92 Å². The maximum absolute atomic E-state index is 12.9. The third-order valence-corrected chi connectivity index (χ3v) is 2.83. The van der Waals surface area contributed by atoms with Gasteiger partial charge in [0.05, 0.1) is 12.2 Å². The van der Waals surface area contributed by atoms with Crippen molar-refractivity contribution in [2.24, 2.45) is 5.92 Å². The molecule has 3 heteroatoms. The zero-order valence-corrected chi connectivity index (χ0v) is 11.7. The second-order valence-corrected chi connectivity index (χ2v) is 5.17. The summed E-state index contributed by atoms with van der Waals surface area (Å²) in [6, 6.07) is 6.54. The highest BCUT2D eigenvalue weighted by molar-refractivity contribution is 5.19. The Hall–Kier alpha value is -0.930. The molecule has 0 aliphatic carbocycles. The fourth-order valence-electron chi connectivity index (χ4n) is 2.11. The van der Waals surface area contributed by atoms with Gasteiger partial charge in [-0.25, -0.2) is 4.39 Å². The minimum atomic E-state index is -0.211. The molecule has 1 aromatic rings. The first-order valence-electron chi connectivity index (χ1n) is 6.58. The molecule has 0 saturated heterocycles. The van der Waals surface area contributed by atoms with E-state index in [1.165, 1.54) is 12.1 Å². The van der Waals surface area contributed by atoms with Gasteiger partial charge in [0.25, 0.3) is 0 Å². The lowest BCUT2D eigenvalue weighted by Gasteiger charge is -2.24. The van der Waals surface area contributed by atoms with Gasteiger partial charge in [-0.15, -0.1) is 0 Å². The Kier molecular flexibility index (Phi) is 6.30. The van der Waals surface area contributed by atoms with E-state index in [0.717, 1.165) is 18.5 Å². The normalized spacial score (nSPS) is 14.8. The summed E-state index contributed by atoms with van der Waals surface area (Å²) in [6.07, 6.45) is 1.21. The Balaban J connectivity index is 2.67. The van der Waals surface area contributed by atoms with E-state index in [2.05, 4.69) is 26.1 Å². The standard InChI is InChI=1S/C15H24FNO/c1-11(2)9-12(3)18-15(10-17-4)13-5-7-14(16)8-6-13/h5-8,11-12,15,17H,9-10H2,1-4H3. The molecule has 0 heterocycles. The molecule has 0 bridgehead atoms. The van der Waals surface area contributed by atoms with Gasteiger partial charge in [-0.3, -0.25) is 0 Å². The average molecular weight is 253 g/mol. The summed E-state index contributed by atoms with van der Waals surface area (Å²) >= 11 is 0. The predicted molar refractivity (Wildman–Crippen MR) is 73.1 cm³/mol. The molecule has 0 fully saturated rings. The van der Waals surface area contributed by atoms with Gasteiger partial charge in [-0.2, -0.15) is 0 Å². The molecule has 0 aliphatic heterocycles. The number of nitrogens with one attached hydrogen (secondary N) is 1. The van der Waals surface area contributed by atoms with Crippen molar-refractivity contribution >= 4 is 0 Å². The van der Waals surface area contributed by atoms with Crippen molar-refractivity contribution < 1.29 is 9.13 Å². The van der Waals surface area contributed by atoms with Gasteiger partial charge in [0.15, 0.2) is 0 Å². The molecular weight excluding hydrogens is 229 g/mol. The third-order valence-electron chi connectivity index (χ3n) is 2.83. The molecule has 0 radical (unpaired) electrons. The van der Waals surface area contributed by atoms with Crippen LogP contribution in [0.2, 0.25) is 0 Å². The first-order valence-corrected chi connectivity index (χ1v) is 6.58. The van der Waals surface area contributed by atoms with Crippen LogP contribution in [0.4, 0.5) is 4.39 Å². The molecular formula is C15H24FNO. The molecule has 2 nitrogen and oxygen atoms in total. The highest BCUT2D eigenvalue weighted by Gasteiger charge is 2.15. The first-order chi connectivity index (χ1) is 8.52. The first kappa shape index (κ1) is 15.1. The third kappa shape index (κ3) is 5.15. The summed E-state index contributed by atoms with van der Waals surface area (Å²) in [6.45, 7) is 7.19. The van der Waals surface area contributed by atoms with Gasteiger partial charge < -0.3 is 10.1 Å². The molecule has 102 valence electrons. The van der Waals surface area contributed by atoms with Crippen LogP contribution in [0.1, 0.15) is 38.9 Å². The highest BCUT2D eigenvalue weighted by Crippen LogP contribution is 2.21. The lowest BCUT2D eigenvalue weighted by atomic mass is 10.1. The number of likely N-dealkylation sites (N-methyl/N-ethyl adjacent to an activating group) is 1. The van der Waals surface area contributed by atoms with Crippen LogP contribution in [0, 0.1) is 11.7 Å². The molecule has 1 N–H and O–H groups in total. The van der Waals surface area contributed by atoms with Gasteiger partial charge in [0.2, 0.25) is 0 Å². The van der Waals surface area contributed by atoms with Crippen molar-refractivity contribution in [3.05, 3.63) is 35.6 Å². The largest absolute Gasteiger partial charge is 0.369 e. The van der Waals surface area contributed by atoms with Crippen LogP contribution in [0.25, 0.3) is 0 Å². The van der Waals surface area contributed by atoms with Crippen LogP contribution < -0.4 is 5.32 Å². The lowest BCUT2D eigenvalue weighted by Crippen LogP contribution is -2.24. The quantitative estimate of drug-likeness (QED) is 0.802. The SMILES string of the molecule is CNCC(OC(C)CC(C)C)c1ccc(F)cc1. The van der Waals surface area contributed by atoms with Crippen LogP contribution in [0.15, 0.2) is 24.3 Å². The molecule has 0 amide bonds. The molecule has 0 aliphatic rings. The van der Waals surface area contributed by atoms with E-state index in [4.69, 9.17) is 4.74 Å². The fraction of sp³-hybridized carbons (Fsp3) is 0.600. The minimum absolute atomic E-state index is 0.0238. The number of ether oxygens (including phenoxy) is 1. The summed E-state index contributed by atoms with van der Waals surface area (Å²) in [7, 11) is 1.90. The second-order valence-electron chi connectivity index (χ2n) is 5.17. The van der Waals surface area contributed by atoms with Gasteiger partial charge in [-0.1, -0.05) is 26.0 Å². The second kappa shape index (κ2) is 7.49. The summed E-state index contributed by atoms with van der Waals surface area (Å²) in [4.78, 5) is 0. The smallest absolute Gasteiger partial charge is 0.123 e. The van der Waals surface area contributed by atoms with Crippen LogP contribution in [-0.2, 0) is 4.74 Å². The molecule has 0 saturated carbocycles. The maximum atomic E-state index is 12.9. The van der Waals surface area contributed by atoms with Crippen molar-refractivity contribution in [2.75, 3.05) is 13.6 Å². The van der Waals surface area contributed by atoms with E-state index < -0.39 is 0 Å². The number of hydrogen-bond donors (Lipinski definition) is 1. The molecule has 1 aromatic carbocycles. The van der Waals surface area contributed by atoms with E-state index in [-0.39, 0.29) is 18.0 Å². The van der Waals surface area contributed by atoms with E-state index in [1.807, 2.05) is 7.05 Å². The maximum Gasteiger partial charge on any atom is 0.123 e. The van der Waals surface area contributed by atoms with Crippen LogP contribution in [0.3, 0.4) is 0 Å². The van der Waals surface area contributed by atoms with Crippen molar-refractivity contribution in [3.63, 3.8) is 0 Å². The highest BCUT2D eigenvalue weighted by atomic mass is 19.1. The molecule has 2 unspecified atom stereocenters. The van der Waals surface area contributed by atoms with Crippen molar-refractivity contribution in [1.82, 2.24) is 5.32 Å². The molecule has 0 spiro atoms. The Morgan fingerprint density at radius 2 is 1.78 bits per heavy atom. The van der Waals surface area contributed by atoms with Crippen molar-refractivity contribution in [1.29, 1.82) is 0 Å². The number of benzene rings is 1. The van der Waals surface area contributed by atoms with Gasteiger partial charge >= 0.3 is 0 Å². The van der Waals surface area contributed by atoms with Gasteiger partial charge in [0.1, 0.15) is 5.82 Å². The van der Waals surface area contributed by atoms with Crippen LogP contribution in [0.5, 0.6) is 0 Å². The summed E-state index contributed by atoms with van der Waals surface area (Å²) < 4.78 is 19.0. The summed E-state index contributed by atoms with van der Waals surface area (Å²) in [5, 5.41) is 3.12. The van der Waals surface area contributed by atoms with Crippen LogP contribution in [-0.4, -0.2) is 19.7 Å². The lowest BCUT2D eigenvalue weighted by molar-refractivity contribution is -0.0118. The molecule has 2 atom stereocenters. The van der Waals surface area contributed by atoms with E-state index >= 15 is 0 Å². The number of rotatable bonds is 7. The predicted octanol–water partition coefficient (Wildman–Crippen LogP) is 3.54. The summed E-state index contributed by atoms with van der Waals surface area (Å²) in [5.74, 6) is 0.403. The van der Waals surface area contributed by atoms with Gasteiger partial charge in [-0.05, 0) is 44.0 Å². The number of hydrogen-bond acceptors (Lipinski definition) is 2. The van der Waals surface area contributed by atoms with Crippen molar-refractivity contribution in [3.8, 4) is 0 Å². The fourth-order valence-corrected chi connectivity index (χ4v) is 2.11. The molecule has 0 aromatic heterocycles. The minimum Gasteiger partial charge on any atom is -0.369 e. The van der Waals surface area contributed by atoms with Crippen LogP contribution >= 0.6 is 0 Å². The number of halogens is 1. The zero-order valence-electron chi connectivity index (χ0n) is 11.7. The Bertz CT molecular complexity index is 337. The monoisotopic (exact) mass is 253 g/mol.